The van der Waals surface area contributed by atoms with E-state index < -0.39 is 5.54 Å². The van der Waals surface area contributed by atoms with Crippen LogP contribution in [0, 0.1) is 17.7 Å². The molecule has 5 nitrogen and oxygen atoms in total. The molecule has 5 rings (SSSR count). The Kier molecular flexibility index (Phi) is 7.11. The minimum Gasteiger partial charge on any atom is -0.355 e. The summed E-state index contributed by atoms with van der Waals surface area (Å²) in [6.45, 7) is 6.52. The van der Waals surface area contributed by atoms with Crippen molar-refractivity contribution in [3.63, 3.8) is 0 Å². The number of rotatable bonds is 5. The predicted octanol–water partition coefficient (Wildman–Crippen LogP) is 5.51. The molecule has 1 spiro atoms. The fourth-order valence-corrected chi connectivity index (χ4v) is 6.32. The zero-order valence-corrected chi connectivity index (χ0v) is 21.3. The fourth-order valence-electron chi connectivity index (χ4n) is 6.32. The van der Waals surface area contributed by atoms with Crippen molar-refractivity contribution in [3.8, 4) is 11.8 Å². The number of likely N-dealkylation sites (tertiary alicyclic amines) is 2. The van der Waals surface area contributed by atoms with Crippen LogP contribution in [0.3, 0.4) is 0 Å². The van der Waals surface area contributed by atoms with E-state index in [4.69, 9.17) is 4.99 Å². The van der Waals surface area contributed by atoms with E-state index in [-0.39, 0.29) is 17.9 Å². The maximum Gasteiger partial charge on any atom is 0.350 e. The topological polar surface area (TPSA) is 39.1 Å². The number of carbonyl (C=O) groups is 1. The molecule has 2 amide bonds. The Balaban J connectivity index is 1.46. The molecule has 3 atom stereocenters. The van der Waals surface area contributed by atoms with Crippen LogP contribution < -0.4 is 4.90 Å². The number of hydrogen-bond acceptors (Lipinski definition) is 3. The maximum absolute atomic E-state index is 14.3. The van der Waals surface area contributed by atoms with Crippen LogP contribution in [-0.4, -0.2) is 58.9 Å². The van der Waals surface area contributed by atoms with Crippen molar-refractivity contribution in [2.75, 3.05) is 24.5 Å². The smallest absolute Gasteiger partial charge is 0.350 e. The molecule has 1 unspecified atom stereocenters. The number of nitrogens with zero attached hydrogens (tertiary/aromatic N) is 4. The molecule has 3 aliphatic rings. The molecule has 0 aliphatic carbocycles. The zero-order chi connectivity index (χ0) is 25.1. The molecule has 3 heterocycles. The first kappa shape index (κ1) is 24.5. The number of hydrogen-bond donors (Lipinski definition) is 0. The molecule has 36 heavy (non-hydrogen) atoms. The zero-order valence-electron chi connectivity index (χ0n) is 21.3. The van der Waals surface area contributed by atoms with Gasteiger partial charge in [0.1, 0.15) is 17.2 Å². The lowest BCUT2D eigenvalue weighted by Crippen LogP contribution is -2.64. The van der Waals surface area contributed by atoms with Gasteiger partial charge in [0.25, 0.3) is 0 Å². The number of anilines is 1. The van der Waals surface area contributed by atoms with Gasteiger partial charge in [0.2, 0.25) is 0 Å². The number of aryl methyl sites for hydroxylation is 1. The molecule has 0 saturated carbocycles. The average Bonchev–Trinajstić information content (AvgIpc) is 3.44. The minimum absolute atomic E-state index is 0.220. The molecule has 6 heteroatoms. The molecule has 0 N–H and O–H groups in total. The third-order valence-corrected chi connectivity index (χ3v) is 8.09. The van der Waals surface area contributed by atoms with Crippen molar-refractivity contribution < 1.29 is 9.18 Å². The number of aliphatic imine (C=N–C) groups is 1. The van der Waals surface area contributed by atoms with Gasteiger partial charge in [-0.3, -0.25) is 9.80 Å². The van der Waals surface area contributed by atoms with Gasteiger partial charge in [0.15, 0.2) is 0 Å². The summed E-state index contributed by atoms with van der Waals surface area (Å²) >= 11 is 0. The van der Waals surface area contributed by atoms with Crippen molar-refractivity contribution in [3.05, 3.63) is 66.0 Å². The molecule has 2 fully saturated rings. The molecule has 188 valence electrons. The van der Waals surface area contributed by atoms with Crippen LogP contribution in [0.4, 0.5) is 14.9 Å². The molecule has 2 saturated heterocycles. The summed E-state index contributed by atoms with van der Waals surface area (Å²) < 4.78 is 14.3. The van der Waals surface area contributed by atoms with Crippen molar-refractivity contribution in [2.45, 2.75) is 70.0 Å². The SMILES string of the molecule is CC#CCN1CC[C@@]2(C[C@@H]1C)C(N1CCCC1CCc1ccccc1)=NC(=O)N2c1cccc(F)c1. The average molecular weight is 487 g/mol. The van der Waals surface area contributed by atoms with Crippen LogP contribution in [0.25, 0.3) is 0 Å². The van der Waals surface area contributed by atoms with Crippen LogP contribution >= 0.6 is 0 Å². The van der Waals surface area contributed by atoms with E-state index in [1.54, 1.807) is 11.0 Å². The number of halogens is 1. The maximum atomic E-state index is 14.3. The molecule has 0 radical (unpaired) electrons. The molecular weight excluding hydrogens is 451 g/mol. The van der Waals surface area contributed by atoms with E-state index in [1.165, 1.54) is 17.7 Å². The van der Waals surface area contributed by atoms with E-state index in [0.717, 1.165) is 64.0 Å². The van der Waals surface area contributed by atoms with E-state index in [2.05, 4.69) is 58.9 Å². The highest BCUT2D eigenvalue weighted by atomic mass is 19.1. The highest BCUT2D eigenvalue weighted by Gasteiger charge is 2.56. The first-order valence-corrected chi connectivity index (χ1v) is 13.1. The van der Waals surface area contributed by atoms with Crippen LogP contribution in [0.5, 0.6) is 0 Å². The Hall–Kier alpha value is -3.17. The summed E-state index contributed by atoms with van der Waals surface area (Å²) in [4.78, 5) is 24.8. The molecular formula is C30H35FN4O. The van der Waals surface area contributed by atoms with Crippen molar-refractivity contribution in [2.24, 2.45) is 4.99 Å². The van der Waals surface area contributed by atoms with Crippen LogP contribution in [-0.2, 0) is 6.42 Å². The largest absolute Gasteiger partial charge is 0.355 e. The Morgan fingerprint density at radius 1 is 1.14 bits per heavy atom. The normalized spacial score (nSPS) is 26.3. The molecule has 3 aliphatic heterocycles. The van der Waals surface area contributed by atoms with Crippen molar-refractivity contribution in [1.82, 2.24) is 9.80 Å². The van der Waals surface area contributed by atoms with Crippen LogP contribution in [0.15, 0.2) is 59.6 Å². The molecule has 0 bridgehead atoms. The van der Waals surface area contributed by atoms with Crippen molar-refractivity contribution in [1.29, 1.82) is 0 Å². The summed E-state index contributed by atoms with van der Waals surface area (Å²) in [7, 11) is 0. The Morgan fingerprint density at radius 3 is 2.72 bits per heavy atom. The Bertz CT molecular complexity index is 1190. The van der Waals surface area contributed by atoms with Gasteiger partial charge in [0, 0.05) is 30.9 Å². The third kappa shape index (κ3) is 4.65. The Morgan fingerprint density at radius 2 is 1.97 bits per heavy atom. The van der Waals surface area contributed by atoms with Crippen molar-refractivity contribution >= 4 is 17.6 Å². The van der Waals surface area contributed by atoms with Gasteiger partial charge in [-0.2, -0.15) is 4.99 Å². The van der Waals surface area contributed by atoms with E-state index in [1.807, 2.05) is 13.0 Å². The lowest BCUT2D eigenvalue weighted by atomic mass is 9.80. The first-order valence-electron chi connectivity index (χ1n) is 13.1. The quantitative estimate of drug-likeness (QED) is 0.524. The summed E-state index contributed by atoms with van der Waals surface area (Å²) in [5.41, 5.74) is 1.35. The molecule has 0 aromatic heterocycles. The van der Waals surface area contributed by atoms with Gasteiger partial charge in [-0.25, -0.2) is 9.18 Å². The van der Waals surface area contributed by atoms with Gasteiger partial charge in [-0.15, -0.1) is 5.92 Å². The number of amidine groups is 1. The van der Waals surface area contributed by atoms with E-state index in [0.29, 0.717) is 11.7 Å². The number of carbonyl (C=O) groups excluding carboxylic acids is 1. The first-order chi connectivity index (χ1) is 17.5. The standard InChI is InChI=1S/C30H35FN4O/c1-3-4-18-33-20-17-30(22-23(33)2)28(32-29(36)35(30)27-13-8-12-25(31)21-27)34-19-9-14-26(34)16-15-24-10-6-5-7-11-24/h5-8,10-13,21,23,26H,9,14-20,22H2,1-2H3/t23-,26?,30+/m0/s1. The lowest BCUT2D eigenvalue weighted by Gasteiger charge is -2.49. The summed E-state index contributed by atoms with van der Waals surface area (Å²) in [5.74, 6) is 6.75. The number of benzene rings is 2. The second-order valence-electron chi connectivity index (χ2n) is 10.3. The minimum atomic E-state index is -0.574. The highest BCUT2D eigenvalue weighted by molar-refractivity contribution is 6.16. The van der Waals surface area contributed by atoms with E-state index in [9.17, 15) is 9.18 Å². The third-order valence-electron chi connectivity index (χ3n) is 8.09. The van der Waals surface area contributed by atoms with Gasteiger partial charge >= 0.3 is 6.03 Å². The molecule has 2 aromatic rings. The highest BCUT2D eigenvalue weighted by Crippen LogP contribution is 2.43. The number of amides is 2. The number of piperidine rings is 1. The predicted molar refractivity (Wildman–Crippen MR) is 143 cm³/mol. The van der Waals surface area contributed by atoms with Gasteiger partial charge in [-0.1, -0.05) is 42.3 Å². The number of urea groups is 1. The second kappa shape index (κ2) is 10.4. The summed E-state index contributed by atoms with van der Waals surface area (Å²) in [6.07, 6.45) is 5.73. The summed E-state index contributed by atoms with van der Waals surface area (Å²) in [6, 6.07) is 17.3. The van der Waals surface area contributed by atoms with Gasteiger partial charge in [0.05, 0.1) is 6.54 Å². The molecule has 2 aromatic carbocycles. The van der Waals surface area contributed by atoms with Crippen LogP contribution in [0.2, 0.25) is 0 Å². The fraction of sp³-hybridized carbons (Fsp3) is 0.467. The second-order valence-corrected chi connectivity index (χ2v) is 10.3. The Labute approximate surface area is 214 Å². The lowest BCUT2D eigenvalue weighted by molar-refractivity contribution is 0.141. The van der Waals surface area contributed by atoms with Crippen LogP contribution in [0.1, 0.15) is 51.5 Å². The monoisotopic (exact) mass is 486 g/mol. The van der Waals surface area contributed by atoms with Gasteiger partial charge < -0.3 is 4.90 Å². The summed E-state index contributed by atoms with van der Waals surface area (Å²) in [5, 5.41) is 0. The van der Waals surface area contributed by atoms with E-state index >= 15 is 0 Å². The van der Waals surface area contributed by atoms with Gasteiger partial charge in [-0.05, 0) is 76.1 Å².